The Balaban J connectivity index is 1.82. The Morgan fingerprint density at radius 3 is 2.75 bits per heavy atom. The van der Waals surface area contributed by atoms with Gasteiger partial charge in [-0.15, -0.1) is 0 Å². The molecular formula is C20H14F2IN3OS. The second-order valence-electron chi connectivity index (χ2n) is 6.11. The molecule has 0 fully saturated rings. The molecule has 0 amide bonds. The summed E-state index contributed by atoms with van der Waals surface area (Å²) in [5.41, 5.74) is 2.84. The topological polar surface area (TPSA) is 42.8 Å². The van der Waals surface area contributed by atoms with E-state index in [2.05, 4.69) is 38.0 Å². The lowest BCUT2D eigenvalue weighted by Gasteiger charge is -2.13. The summed E-state index contributed by atoms with van der Waals surface area (Å²) in [6.45, 7) is 5.63. The molecule has 0 atom stereocenters. The number of H-pyrrole nitrogens is 1. The van der Waals surface area contributed by atoms with Crippen molar-refractivity contribution >= 4 is 47.3 Å². The summed E-state index contributed by atoms with van der Waals surface area (Å²) in [7, 11) is 1.44. The molecule has 4 rings (SSSR count). The molecule has 8 heteroatoms. The maximum atomic E-state index is 14.9. The number of nitrogens with zero attached hydrogens (tertiary/aromatic N) is 2. The Hall–Kier alpha value is -2.33. The van der Waals surface area contributed by atoms with Gasteiger partial charge in [0.2, 0.25) is 0 Å². The molecule has 0 unspecified atom stereocenters. The summed E-state index contributed by atoms with van der Waals surface area (Å²) in [5.74, 6) is -0.592. The van der Waals surface area contributed by atoms with Crippen LogP contribution in [0, 0.1) is 18.6 Å². The summed E-state index contributed by atoms with van der Waals surface area (Å²) < 4.78 is 36.9. The lowest BCUT2D eigenvalue weighted by Crippen LogP contribution is -1.95. The van der Waals surface area contributed by atoms with Gasteiger partial charge in [-0.1, -0.05) is 12.7 Å². The Labute approximate surface area is 176 Å². The quantitative estimate of drug-likeness (QED) is 0.298. The van der Waals surface area contributed by atoms with Crippen LogP contribution in [-0.2, 0) is 0 Å². The predicted octanol–water partition coefficient (Wildman–Crippen LogP) is 6.90. The first-order chi connectivity index (χ1) is 13.5. The van der Waals surface area contributed by atoms with Gasteiger partial charge in [0, 0.05) is 65.3 Å². The van der Waals surface area contributed by atoms with E-state index in [1.54, 1.807) is 12.3 Å². The summed E-state index contributed by atoms with van der Waals surface area (Å²) >= 11 is 2.13. The fourth-order valence-electron chi connectivity index (χ4n) is 3.09. The van der Waals surface area contributed by atoms with Gasteiger partial charge in [0.1, 0.15) is 11.6 Å². The molecular weight excluding hydrogens is 495 g/mol. The van der Waals surface area contributed by atoms with E-state index in [-0.39, 0.29) is 11.3 Å². The molecule has 2 heterocycles. The van der Waals surface area contributed by atoms with Gasteiger partial charge in [-0.2, -0.15) is 5.10 Å². The zero-order chi connectivity index (χ0) is 19.8. The highest BCUT2D eigenvalue weighted by Gasteiger charge is 2.18. The number of rotatable bonds is 5. The molecule has 4 nitrogen and oxygen atoms in total. The number of hydrogen-bond donors (Lipinski definition) is 1. The van der Waals surface area contributed by atoms with E-state index < -0.39 is 11.6 Å². The van der Waals surface area contributed by atoms with Gasteiger partial charge in [0.25, 0.3) is 0 Å². The van der Waals surface area contributed by atoms with E-state index in [1.165, 1.54) is 33.4 Å². The highest BCUT2D eigenvalue weighted by Crippen LogP contribution is 2.38. The van der Waals surface area contributed by atoms with Crippen LogP contribution in [0.4, 0.5) is 8.78 Å². The summed E-state index contributed by atoms with van der Waals surface area (Å²) in [6.07, 6.45) is 5.10. The minimum absolute atomic E-state index is 0.0509. The molecule has 0 aliphatic carbocycles. The van der Waals surface area contributed by atoms with Gasteiger partial charge in [-0.05, 0) is 36.8 Å². The van der Waals surface area contributed by atoms with Crippen molar-refractivity contribution in [2.75, 3.05) is 0 Å². The molecule has 0 spiro atoms. The molecule has 4 aromatic rings. The van der Waals surface area contributed by atoms with Gasteiger partial charge < -0.3 is 4.74 Å². The average Bonchev–Trinajstić information content (AvgIpc) is 3.29. The van der Waals surface area contributed by atoms with Gasteiger partial charge in [-0.3, -0.25) is 9.07 Å². The SMILES string of the molecule is C=Cc1c(Oc2ccc(F)c(-c3n[nH]cc3C)c2)c(F)cc2c1ccn2SI. The van der Waals surface area contributed by atoms with Crippen molar-refractivity contribution in [3.8, 4) is 22.8 Å². The Kier molecular flexibility index (Phi) is 5.15. The van der Waals surface area contributed by atoms with Crippen LogP contribution < -0.4 is 4.74 Å². The predicted molar refractivity (Wildman–Crippen MR) is 118 cm³/mol. The maximum Gasteiger partial charge on any atom is 0.170 e. The van der Waals surface area contributed by atoms with Crippen molar-refractivity contribution < 1.29 is 13.5 Å². The smallest absolute Gasteiger partial charge is 0.170 e. The van der Waals surface area contributed by atoms with Gasteiger partial charge in [0.05, 0.1) is 11.2 Å². The number of nitrogens with one attached hydrogen (secondary N) is 1. The van der Waals surface area contributed by atoms with Crippen LogP contribution in [0.1, 0.15) is 11.1 Å². The maximum absolute atomic E-state index is 14.9. The fourth-order valence-corrected chi connectivity index (χ4v) is 4.45. The van der Waals surface area contributed by atoms with Crippen molar-refractivity contribution in [2.24, 2.45) is 0 Å². The van der Waals surface area contributed by atoms with Crippen molar-refractivity contribution in [1.29, 1.82) is 0 Å². The molecule has 1 N–H and O–H groups in total. The molecule has 0 aliphatic heterocycles. The molecule has 28 heavy (non-hydrogen) atoms. The van der Waals surface area contributed by atoms with Crippen LogP contribution in [0.2, 0.25) is 0 Å². The van der Waals surface area contributed by atoms with Crippen molar-refractivity contribution in [3.63, 3.8) is 0 Å². The van der Waals surface area contributed by atoms with E-state index in [1.807, 2.05) is 23.2 Å². The first kappa shape index (κ1) is 19.0. The van der Waals surface area contributed by atoms with Gasteiger partial charge >= 0.3 is 0 Å². The van der Waals surface area contributed by atoms with Crippen molar-refractivity contribution in [3.05, 3.63) is 72.1 Å². The van der Waals surface area contributed by atoms with Crippen LogP contribution in [0.15, 0.2) is 49.3 Å². The Morgan fingerprint density at radius 1 is 1.25 bits per heavy atom. The first-order valence-electron chi connectivity index (χ1n) is 8.26. The number of fused-ring (bicyclic) bond motifs is 1. The number of aromatic amines is 1. The molecule has 0 saturated heterocycles. The van der Waals surface area contributed by atoms with Crippen LogP contribution in [-0.4, -0.2) is 14.2 Å². The molecule has 2 aromatic heterocycles. The minimum Gasteiger partial charge on any atom is -0.454 e. The average molecular weight is 509 g/mol. The second kappa shape index (κ2) is 7.59. The van der Waals surface area contributed by atoms with E-state index in [4.69, 9.17) is 4.74 Å². The van der Waals surface area contributed by atoms with E-state index in [0.29, 0.717) is 17.0 Å². The van der Waals surface area contributed by atoms with Crippen molar-refractivity contribution in [1.82, 2.24) is 14.2 Å². The molecule has 0 bridgehead atoms. The third-order valence-electron chi connectivity index (χ3n) is 4.43. The standard InChI is InChI=1S/C20H14F2IN3OS/c1-3-13-14-6-7-26(28-23)18(14)9-17(22)20(13)27-12-4-5-16(21)15(8-12)19-11(2)10-24-25-19/h3-10H,1H2,2H3,(H,24,25). The zero-order valence-electron chi connectivity index (χ0n) is 14.7. The number of aryl methyl sites for hydroxylation is 1. The Morgan fingerprint density at radius 2 is 2.07 bits per heavy atom. The largest absolute Gasteiger partial charge is 0.454 e. The first-order valence-corrected chi connectivity index (χ1v) is 11.6. The van der Waals surface area contributed by atoms with Gasteiger partial charge in [0.15, 0.2) is 11.6 Å². The minimum atomic E-state index is -0.519. The Bertz CT molecular complexity index is 1200. The number of benzene rings is 2. The van der Waals surface area contributed by atoms with Crippen LogP contribution in [0.3, 0.4) is 0 Å². The molecule has 0 radical (unpaired) electrons. The third-order valence-corrected chi connectivity index (χ3v) is 6.17. The number of aromatic nitrogens is 3. The van der Waals surface area contributed by atoms with Crippen LogP contribution >= 0.6 is 30.3 Å². The van der Waals surface area contributed by atoms with Crippen molar-refractivity contribution in [2.45, 2.75) is 6.92 Å². The highest BCUT2D eigenvalue weighted by atomic mass is 127. The summed E-state index contributed by atoms with van der Waals surface area (Å²) in [4.78, 5) is 0. The molecule has 0 saturated carbocycles. The molecule has 2 aromatic carbocycles. The van der Waals surface area contributed by atoms with E-state index >= 15 is 0 Å². The molecule has 0 aliphatic rings. The monoisotopic (exact) mass is 509 g/mol. The van der Waals surface area contributed by atoms with Crippen LogP contribution in [0.25, 0.3) is 28.2 Å². The number of hydrogen-bond acceptors (Lipinski definition) is 3. The van der Waals surface area contributed by atoms with Gasteiger partial charge in [-0.25, -0.2) is 8.78 Å². The normalized spacial score (nSPS) is 11.1. The lowest BCUT2D eigenvalue weighted by molar-refractivity contribution is 0.441. The lowest BCUT2D eigenvalue weighted by atomic mass is 10.1. The van der Waals surface area contributed by atoms with Crippen LogP contribution in [0.5, 0.6) is 11.5 Å². The highest BCUT2D eigenvalue weighted by molar-refractivity contribution is 14.2. The number of ether oxygens (including phenoxy) is 1. The fraction of sp³-hybridized carbons (Fsp3) is 0.0500. The second-order valence-corrected chi connectivity index (χ2v) is 7.82. The van der Waals surface area contributed by atoms with E-state index in [9.17, 15) is 8.78 Å². The summed E-state index contributed by atoms with van der Waals surface area (Å²) in [6, 6.07) is 7.56. The number of halogens is 3. The third kappa shape index (κ3) is 3.20. The zero-order valence-corrected chi connectivity index (χ0v) is 17.6. The molecule has 142 valence electrons. The van der Waals surface area contributed by atoms with E-state index in [0.717, 1.165) is 16.5 Å². The summed E-state index contributed by atoms with van der Waals surface area (Å²) in [5, 5.41) is 7.62.